The summed E-state index contributed by atoms with van der Waals surface area (Å²) >= 11 is 0. The number of nitrogens with zero attached hydrogens (tertiary/aromatic N) is 3. The molecule has 1 N–H and O–H groups in total. The zero-order chi connectivity index (χ0) is 20.4. The van der Waals surface area contributed by atoms with Gasteiger partial charge in [-0.1, -0.05) is 0 Å². The van der Waals surface area contributed by atoms with E-state index in [1.54, 1.807) is 0 Å². The highest BCUT2D eigenvalue weighted by molar-refractivity contribution is 7.89. The van der Waals surface area contributed by atoms with Gasteiger partial charge in [0, 0.05) is 32.2 Å². The average Bonchev–Trinajstić information content (AvgIpc) is 3.12. The molecule has 1 aliphatic rings. The van der Waals surface area contributed by atoms with E-state index in [1.807, 2.05) is 0 Å². The highest BCUT2D eigenvalue weighted by Gasteiger charge is 2.32. The van der Waals surface area contributed by atoms with Crippen LogP contribution in [0.2, 0.25) is 0 Å². The number of methoxy groups -OCH3 is 2. The van der Waals surface area contributed by atoms with Gasteiger partial charge in [0.2, 0.25) is 10.0 Å². The van der Waals surface area contributed by atoms with Gasteiger partial charge in [-0.2, -0.15) is 8.61 Å². The molecule has 3 rings (SSSR count). The molecule has 0 saturated carbocycles. The molecule has 1 aliphatic heterocycles. The first-order chi connectivity index (χ1) is 13.3. The van der Waals surface area contributed by atoms with Crippen molar-refractivity contribution in [2.24, 2.45) is 0 Å². The summed E-state index contributed by atoms with van der Waals surface area (Å²) in [5, 5.41) is -0.0105. The molecule has 0 atom stereocenters. The Hall–Kier alpha value is -2.15. The largest absolute Gasteiger partial charge is 0.493 e. The van der Waals surface area contributed by atoms with Crippen molar-refractivity contribution in [3.05, 3.63) is 30.7 Å². The lowest BCUT2D eigenvalue weighted by Gasteiger charge is -2.21. The molecule has 2 aromatic rings. The minimum absolute atomic E-state index is 0.0105. The van der Waals surface area contributed by atoms with Crippen molar-refractivity contribution >= 4 is 20.0 Å². The molecule has 12 heteroatoms. The zero-order valence-corrected chi connectivity index (χ0v) is 17.2. The van der Waals surface area contributed by atoms with Crippen molar-refractivity contribution in [3.63, 3.8) is 0 Å². The molecule has 0 spiro atoms. The Balaban J connectivity index is 1.81. The second-order valence-corrected chi connectivity index (χ2v) is 9.94. The first-order valence-electron chi connectivity index (χ1n) is 8.51. The Kier molecular flexibility index (Phi) is 5.93. The van der Waals surface area contributed by atoms with Gasteiger partial charge in [-0.3, -0.25) is 0 Å². The number of benzene rings is 1. The number of aromatic nitrogens is 2. The van der Waals surface area contributed by atoms with Crippen molar-refractivity contribution in [2.75, 3.05) is 40.4 Å². The van der Waals surface area contributed by atoms with E-state index in [-0.39, 0.29) is 36.1 Å². The summed E-state index contributed by atoms with van der Waals surface area (Å²) in [5.41, 5.74) is 0. The number of sulfonamides is 2. The van der Waals surface area contributed by atoms with E-state index in [2.05, 4.69) is 9.97 Å². The van der Waals surface area contributed by atoms with Crippen LogP contribution < -0.4 is 9.47 Å². The van der Waals surface area contributed by atoms with E-state index in [9.17, 15) is 16.8 Å². The van der Waals surface area contributed by atoms with Gasteiger partial charge in [-0.15, -0.1) is 0 Å². The van der Waals surface area contributed by atoms with E-state index in [0.717, 1.165) is 0 Å². The summed E-state index contributed by atoms with van der Waals surface area (Å²) in [5.74, 6) is 0.732. The molecule has 154 valence electrons. The zero-order valence-electron chi connectivity index (χ0n) is 15.5. The fourth-order valence-electron chi connectivity index (χ4n) is 3.00. The van der Waals surface area contributed by atoms with Gasteiger partial charge in [-0.05, 0) is 18.6 Å². The average molecular weight is 431 g/mol. The molecular formula is C16H22N4O6S2. The number of nitrogens with one attached hydrogen (secondary N) is 1. The predicted octanol–water partition coefficient (Wildman–Crippen LogP) is 0.512. The van der Waals surface area contributed by atoms with Crippen LogP contribution >= 0.6 is 0 Å². The van der Waals surface area contributed by atoms with Crippen LogP contribution in [0.25, 0.3) is 0 Å². The number of H-pyrrole nitrogens is 1. The third kappa shape index (κ3) is 3.85. The van der Waals surface area contributed by atoms with Crippen LogP contribution in [0.4, 0.5) is 0 Å². The standard InChI is InChI=1S/C16H22N4O6S2/c1-25-14-5-4-13(10-15(14)26-2)27(21,22)19-6-3-7-20(9-8-19)28(23,24)16-11-17-12-18-16/h4-5,10-12H,3,6-9H2,1-2H3,(H,17,18). The number of aromatic amines is 1. The molecule has 10 nitrogen and oxygen atoms in total. The van der Waals surface area contributed by atoms with Crippen LogP contribution in [-0.4, -0.2) is 75.8 Å². The Labute approximate surface area is 164 Å². The van der Waals surface area contributed by atoms with Crippen molar-refractivity contribution < 1.29 is 26.3 Å². The van der Waals surface area contributed by atoms with Gasteiger partial charge in [0.25, 0.3) is 10.0 Å². The van der Waals surface area contributed by atoms with E-state index in [1.165, 1.54) is 53.6 Å². The van der Waals surface area contributed by atoms with Gasteiger partial charge >= 0.3 is 0 Å². The quantitative estimate of drug-likeness (QED) is 0.709. The van der Waals surface area contributed by atoms with Crippen molar-refractivity contribution in [1.82, 2.24) is 18.6 Å². The first-order valence-corrected chi connectivity index (χ1v) is 11.4. The fourth-order valence-corrected chi connectivity index (χ4v) is 5.85. The highest BCUT2D eigenvalue weighted by Crippen LogP contribution is 2.31. The lowest BCUT2D eigenvalue weighted by atomic mass is 10.3. The summed E-state index contributed by atoms with van der Waals surface area (Å²) in [4.78, 5) is 6.39. The van der Waals surface area contributed by atoms with Gasteiger partial charge in [0.05, 0.1) is 31.6 Å². The summed E-state index contributed by atoms with van der Waals surface area (Å²) in [6.07, 6.45) is 2.90. The van der Waals surface area contributed by atoms with Crippen molar-refractivity contribution in [3.8, 4) is 11.5 Å². The molecular weight excluding hydrogens is 408 g/mol. The molecule has 0 aliphatic carbocycles. The van der Waals surface area contributed by atoms with Crippen molar-refractivity contribution in [1.29, 1.82) is 0 Å². The number of hydrogen-bond acceptors (Lipinski definition) is 7. The lowest BCUT2D eigenvalue weighted by Crippen LogP contribution is -2.37. The van der Waals surface area contributed by atoms with E-state index < -0.39 is 20.0 Å². The molecule has 0 bridgehead atoms. The Morgan fingerprint density at radius 3 is 2.14 bits per heavy atom. The molecule has 1 aromatic heterocycles. The number of ether oxygens (including phenoxy) is 2. The van der Waals surface area contributed by atoms with Gasteiger partial charge in [0.15, 0.2) is 16.5 Å². The fraction of sp³-hybridized carbons (Fsp3) is 0.438. The molecule has 1 saturated heterocycles. The number of imidazole rings is 1. The molecule has 28 heavy (non-hydrogen) atoms. The van der Waals surface area contributed by atoms with E-state index >= 15 is 0 Å². The second-order valence-electron chi connectivity index (χ2n) is 6.09. The molecule has 0 radical (unpaired) electrons. The van der Waals surface area contributed by atoms with Gasteiger partial charge in [-0.25, -0.2) is 21.8 Å². The number of rotatable bonds is 6. The summed E-state index contributed by atoms with van der Waals surface area (Å²) in [6, 6.07) is 4.37. The van der Waals surface area contributed by atoms with Crippen LogP contribution in [0.5, 0.6) is 11.5 Å². The Bertz CT molecular complexity index is 1020. The van der Waals surface area contributed by atoms with Gasteiger partial charge < -0.3 is 14.5 Å². The normalized spacial score (nSPS) is 17.2. The number of hydrogen-bond donors (Lipinski definition) is 1. The minimum Gasteiger partial charge on any atom is -0.493 e. The maximum atomic E-state index is 13.0. The lowest BCUT2D eigenvalue weighted by molar-refractivity contribution is 0.353. The first kappa shape index (κ1) is 20.6. The molecule has 1 fully saturated rings. The maximum absolute atomic E-state index is 13.0. The smallest absolute Gasteiger partial charge is 0.260 e. The molecule has 0 amide bonds. The second kappa shape index (κ2) is 8.07. The molecule has 1 aromatic carbocycles. The van der Waals surface area contributed by atoms with Crippen LogP contribution in [0.1, 0.15) is 6.42 Å². The Morgan fingerprint density at radius 2 is 1.57 bits per heavy atom. The summed E-state index contributed by atoms with van der Waals surface area (Å²) < 4.78 is 64.2. The predicted molar refractivity (Wildman–Crippen MR) is 100 cm³/mol. The van der Waals surface area contributed by atoms with Crippen molar-refractivity contribution in [2.45, 2.75) is 16.3 Å². The van der Waals surface area contributed by atoms with Crippen LogP contribution in [-0.2, 0) is 20.0 Å². The van der Waals surface area contributed by atoms with Gasteiger partial charge in [0.1, 0.15) is 0 Å². The van der Waals surface area contributed by atoms with E-state index in [4.69, 9.17) is 9.47 Å². The SMILES string of the molecule is COc1ccc(S(=O)(=O)N2CCCN(S(=O)(=O)c3cnc[nH]3)CC2)cc1OC. The van der Waals surface area contributed by atoms with Crippen LogP contribution in [0, 0.1) is 0 Å². The monoisotopic (exact) mass is 430 g/mol. The summed E-state index contributed by atoms with van der Waals surface area (Å²) in [6.45, 7) is 0.531. The highest BCUT2D eigenvalue weighted by atomic mass is 32.2. The van der Waals surface area contributed by atoms with Crippen LogP contribution in [0.15, 0.2) is 40.6 Å². The Morgan fingerprint density at radius 1 is 0.929 bits per heavy atom. The maximum Gasteiger partial charge on any atom is 0.260 e. The molecule has 2 heterocycles. The topological polar surface area (TPSA) is 122 Å². The minimum atomic E-state index is -3.81. The third-order valence-corrected chi connectivity index (χ3v) is 8.22. The molecule has 0 unspecified atom stereocenters. The summed E-state index contributed by atoms with van der Waals surface area (Å²) in [7, 11) is -4.65. The van der Waals surface area contributed by atoms with Crippen LogP contribution in [0.3, 0.4) is 0 Å². The van der Waals surface area contributed by atoms with E-state index in [0.29, 0.717) is 17.9 Å². The third-order valence-electron chi connectivity index (χ3n) is 4.50.